The van der Waals surface area contributed by atoms with Gasteiger partial charge in [-0.3, -0.25) is 0 Å². The molecule has 0 unspecified atom stereocenters. The van der Waals surface area contributed by atoms with Crippen molar-refractivity contribution in [2.45, 2.75) is 20.4 Å². The Morgan fingerprint density at radius 3 is 2.69 bits per heavy atom. The van der Waals surface area contributed by atoms with Crippen molar-refractivity contribution in [3.8, 4) is 17.1 Å². The molecule has 1 heterocycles. The van der Waals surface area contributed by atoms with Crippen LogP contribution < -0.4 is 15.4 Å². The fourth-order valence-electron chi connectivity index (χ4n) is 2.32. The van der Waals surface area contributed by atoms with E-state index in [0.717, 1.165) is 17.0 Å². The Balaban J connectivity index is 1.58. The van der Waals surface area contributed by atoms with E-state index in [1.807, 2.05) is 62.4 Å². The molecule has 0 fully saturated rings. The third kappa shape index (κ3) is 4.58. The van der Waals surface area contributed by atoms with Gasteiger partial charge in [0.25, 0.3) is 0 Å². The first-order valence-electron chi connectivity index (χ1n) is 8.32. The van der Waals surface area contributed by atoms with Gasteiger partial charge in [0.2, 0.25) is 11.7 Å². The first-order chi connectivity index (χ1) is 12.7. The van der Waals surface area contributed by atoms with Crippen LogP contribution in [-0.2, 0) is 6.54 Å². The number of hydrogen-bond acceptors (Lipinski definition) is 5. The van der Waals surface area contributed by atoms with Crippen LogP contribution in [0.15, 0.2) is 53.1 Å². The van der Waals surface area contributed by atoms with Crippen LogP contribution in [-0.4, -0.2) is 21.9 Å². The molecule has 0 radical (unpaired) electrons. The Hall–Kier alpha value is -2.93. The molecule has 0 spiro atoms. The zero-order valence-corrected chi connectivity index (χ0v) is 15.5. The summed E-state index contributed by atoms with van der Waals surface area (Å²) >= 11 is 5.33. The Morgan fingerprint density at radius 1 is 1.15 bits per heavy atom. The molecule has 2 N–H and O–H groups in total. The molecular formula is C19H20N4O2S. The molecule has 26 heavy (non-hydrogen) atoms. The molecule has 7 heteroatoms. The minimum atomic E-state index is 0.335. The summed E-state index contributed by atoms with van der Waals surface area (Å²) in [5, 5.41) is 10.6. The number of hydrogen-bond donors (Lipinski definition) is 2. The predicted molar refractivity (Wildman–Crippen MR) is 105 cm³/mol. The van der Waals surface area contributed by atoms with Crippen LogP contribution in [0, 0.1) is 6.92 Å². The van der Waals surface area contributed by atoms with Gasteiger partial charge in [-0.15, -0.1) is 0 Å². The highest BCUT2D eigenvalue weighted by Crippen LogP contribution is 2.23. The van der Waals surface area contributed by atoms with Crippen molar-refractivity contribution in [3.05, 3.63) is 60.0 Å². The van der Waals surface area contributed by atoms with E-state index >= 15 is 0 Å². The van der Waals surface area contributed by atoms with Gasteiger partial charge in [0.1, 0.15) is 5.75 Å². The summed E-state index contributed by atoms with van der Waals surface area (Å²) in [6.07, 6.45) is 0. The van der Waals surface area contributed by atoms with Crippen molar-refractivity contribution < 1.29 is 9.26 Å². The van der Waals surface area contributed by atoms with E-state index in [0.29, 0.717) is 30.0 Å². The summed E-state index contributed by atoms with van der Waals surface area (Å²) in [7, 11) is 0. The minimum Gasteiger partial charge on any atom is -0.492 e. The standard InChI is InChI=1S/C19H20N4O2S/c1-3-24-16-7-5-4-6-15(16)21-19(26)20-12-17-22-18(23-25-17)14-10-8-13(2)9-11-14/h4-11H,3,12H2,1-2H3,(H2,20,21,26). The van der Waals surface area contributed by atoms with Crippen LogP contribution in [0.5, 0.6) is 5.75 Å². The largest absolute Gasteiger partial charge is 0.492 e. The highest BCUT2D eigenvalue weighted by atomic mass is 32.1. The van der Waals surface area contributed by atoms with E-state index in [4.69, 9.17) is 21.5 Å². The fraction of sp³-hybridized carbons (Fsp3) is 0.211. The zero-order valence-electron chi connectivity index (χ0n) is 14.7. The van der Waals surface area contributed by atoms with E-state index in [-0.39, 0.29) is 0 Å². The second-order valence-electron chi connectivity index (χ2n) is 5.61. The van der Waals surface area contributed by atoms with Crippen molar-refractivity contribution in [2.24, 2.45) is 0 Å². The van der Waals surface area contributed by atoms with E-state index in [1.165, 1.54) is 5.56 Å². The topological polar surface area (TPSA) is 72.2 Å². The molecule has 0 saturated carbocycles. The molecule has 3 aromatic rings. The van der Waals surface area contributed by atoms with Crippen LogP contribution in [0.2, 0.25) is 0 Å². The molecule has 0 aliphatic carbocycles. The Morgan fingerprint density at radius 2 is 1.92 bits per heavy atom. The number of thiocarbonyl (C=S) groups is 1. The van der Waals surface area contributed by atoms with E-state index < -0.39 is 0 Å². The van der Waals surface area contributed by atoms with E-state index in [9.17, 15) is 0 Å². The van der Waals surface area contributed by atoms with Gasteiger partial charge in [-0.1, -0.05) is 47.1 Å². The molecular weight excluding hydrogens is 348 g/mol. The van der Waals surface area contributed by atoms with Crippen LogP contribution in [0.4, 0.5) is 5.69 Å². The smallest absolute Gasteiger partial charge is 0.246 e. The number of nitrogens with one attached hydrogen (secondary N) is 2. The van der Waals surface area contributed by atoms with Crippen molar-refractivity contribution >= 4 is 23.0 Å². The second-order valence-corrected chi connectivity index (χ2v) is 6.02. The Kier molecular flexibility index (Phi) is 5.80. The number of anilines is 1. The molecule has 0 atom stereocenters. The molecule has 1 aromatic heterocycles. The number of nitrogens with zero attached hydrogens (tertiary/aromatic N) is 2. The summed E-state index contributed by atoms with van der Waals surface area (Å²) in [5.74, 6) is 1.77. The fourth-order valence-corrected chi connectivity index (χ4v) is 2.50. The van der Waals surface area contributed by atoms with Gasteiger partial charge < -0.3 is 19.9 Å². The normalized spacial score (nSPS) is 10.4. The molecule has 0 aliphatic heterocycles. The number of para-hydroxylation sites is 2. The second kappa shape index (κ2) is 8.44. The molecule has 0 saturated heterocycles. The highest BCUT2D eigenvalue weighted by molar-refractivity contribution is 7.80. The van der Waals surface area contributed by atoms with Gasteiger partial charge >= 0.3 is 0 Å². The van der Waals surface area contributed by atoms with Crippen LogP contribution in [0.3, 0.4) is 0 Å². The first kappa shape index (κ1) is 17.9. The Bertz CT molecular complexity index is 877. The monoisotopic (exact) mass is 368 g/mol. The van der Waals surface area contributed by atoms with Gasteiger partial charge in [-0.05, 0) is 38.2 Å². The maximum atomic E-state index is 5.57. The third-order valence-corrected chi connectivity index (χ3v) is 3.86. The Labute approximate surface area is 157 Å². The van der Waals surface area contributed by atoms with Gasteiger partial charge in [0, 0.05) is 5.56 Å². The zero-order chi connectivity index (χ0) is 18.4. The first-order valence-corrected chi connectivity index (χ1v) is 8.73. The molecule has 0 aliphatic rings. The molecule has 2 aromatic carbocycles. The summed E-state index contributed by atoms with van der Waals surface area (Å²) in [6.45, 7) is 4.89. The summed E-state index contributed by atoms with van der Waals surface area (Å²) in [5.41, 5.74) is 2.90. The van der Waals surface area contributed by atoms with Gasteiger partial charge in [0.15, 0.2) is 5.11 Å². The highest BCUT2D eigenvalue weighted by Gasteiger charge is 2.10. The van der Waals surface area contributed by atoms with E-state index in [2.05, 4.69) is 20.8 Å². The maximum Gasteiger partial charge on any atom is 0.246 e. The predicted octanol–water partition coefficient (Wildman–Crippen LogP) is 3.93. The summed E-state index contributed by atoms with van der Waals surface area (Å²) < 4.78 is 10.8. The number of rotatable bonds is 6. The molecule has 134 valence electrons. The number of benzene rings is 2. The van der Waals surface area contributed by atoms with Crippen LogP contribution >= 0.6 is 12.2 Å². The third-order valence-electron chi connectivity index (χ3n) is 3.61. The van der Waals surface area contributed by atoms with Crippen LogP contribution in [0.1, 0.15) is 18.4 Å². The van der Waals surface area contributed by atoms with Gasteiger partial charge in [-0.2, -0.15) is 4.98 Å². The average molecular weight is 368 g/mol. The molecule has 0 amide bonds. The van der Waals surface area contributed by atoms with E-state index in [1.54, 1.807) is 0 Å². The maximum absolute atomic E-state index is 5.57. The lowest BCUT2D eigenvalue weighted by Crippen LogP contribution is -2.28. The minimum absolute atomic E-state index is 0.335. The lowest BCUT2D eigenvalue weighted by atomic mass is 10.1. The number of ether oxygens (including phenoxy) is 1. The number of aryl methyl sites for hydroxylation is 1. The van der Waals surface area contributed by atoms with Crippen molar-refractivity contribution in [3.63, 3.8) is 0 Å². The number of aromatic nitrogens is 2. The van der Waals surface area contributed by atoms with Crippen molar-refractivity contribution in [2.75, 3.05) is 11.9 Å². The summed E-state index contributed by atoms with van der Waals surface area (Å²) in [4.78, 5) is 4.38. The van der Waals surface area contributed by atoms with Gasteiger partial charge in [0.05, 0.1) is 18.8 Å². The van der Waals surface area contributed by atoms with Crippen molar-refractivity contribution in [1.82, 2.24) is 15.5 Å². The van der Waals surface area contributed by atoms with Gasteiger partial charge in [-0.25, -0.2) is 0 Å². The molecule has 0 bridgehead atoms. The van der Waals surface area contributed by atoms with Crippen molar-refractivity contribution in [1.29, 1.82) is 0 Å². The summed E-state index contributed by atoms with van der Waals surface area (Å²) in [6, 6.07) is 15.6. The SMILES string of the molecule is CCOc1ccccc1NC(=S)NCc1nc(-c2ccc(C)cc2)no1. The molecule has 3 rings (SSSR count). The van der Waals surface area contributed by atoms with Crippen LogP contribution in [0.25, 0.3) is 11.4 Å². The lowest BCUT2D eigenvalue weighted by Gasteiger charge is -2.13. The molecule has 6 nitrogen and oxygen atoms in total. The lowest BCUT2D eigenvalue weighted by molar-refractivity contribution is 0.342. The quantitative estimate of drug-likeness (QED) is 0.639. The average Bonchev–Trinajstić information content (AvgIpc) is 3.11.